The Morgan fingerprint density at radius 1 is 1.47 bits per heavy atom. The van der Waals surface area contributed by atoms with Crippen LogP contribution in [0.3, 0.4) is 0 Å². The zero-order valence-electron chi connectivity index (χ0n) is 9.11. The SMILES string of the molecule is COc1nccnc1S(=O)(=O)C(C)NC(=O)O. The Labute approximate surface area is 97.6 Å². The number of sulfone groups is 1. The van der Waals surface area contributed by atoms with E-state index in [1.165, 1.54) is 26.4 Å². The molecule has 1 unspecified atom stereocenters. The number of nitrogens with zero attached hydrogens (tertiary/aromatic N) is 2. The summed E-state index contributed by atoms with van der Waals surface area (Å²) in [5.74, 6) is -0.175. The van der Waals surface area contributed by atoms with E-state index in [9.17, 15) is 13.2 Å². The lowest BCUT2D eigenvalue weighted by Gasteiger charge is -2.13. The number of carbonyl (C=O) groups is 1. The third-order valence-corrected chi connectivity index (χ3v) is 3.76. The minimum atomic E-state index is -3.97. The summed E-state index contributed by atoms with van der Waals surface area (Å²) < 4.78 is 28.6. The van der Waals surface area contributed by atoms with Gasteiger partial charge in [-0.1, -0.05) is 0 Å². The van der Waals surface area contributed by atoms with Gasteiger partial charge in [-0.25, -0.2) is 23.2 Å². The Bertz CT molecular complexity index is 516. The molecule has 94 valence electrons. The monoisotopic (exact) mass is 261 g/mol. The number of hydrogen-bond donors (Lipinski definition) is 2. The lowest BCUT2D eigenvalue weighted by Crippen LogP contribution is -2.38. The normalized spacial score (nSPS) is 12.8. The van der Waals surface area contributed by atoms with Crippen molar-refractivity contribution in [2.45, 2.75) is 17.3 Å². The molecule has 17 heavy (non-hydrogen) atoms. The summed E-state index contributed by atoms with van der Waals surface area (Å²) >= 11 is 0. The second kappa shape index (κ2) is 4.95. The van der Waals surface area contributed by atoms with Gasteiger partial charge >= 0.3 is 6.09 Å². The fourth-order valence-electron chi connectivity index (χ4n) is 1.07. The van der Waals surface area contributed by atoms with Crippen molar-refractivity contribution < 1.29 is 23.1 Å². The maximum Gasteiger partial charge on any atom is 0.405 e. The summed E-state index contributed by atoms with van der Waals surface area (Å²) in [7, 11) is -2.72. The summed E-state index contributed by atoms with van der Waals surface area (Å²) in [6.45, 7) is 1.19. The van der Waals surface area contributed by atoms with Gasteiger partial charge in [-0.15, -0.1) is 0 Å². The lowest BCUT2D eigenvalue weighted by atomic mass is 10.7. The van der Waals surface area contributed by atoms with E-state index >= 15 is 0 Å². The number of methoxy groups -OCH3 is 1. The van der Waals surface area contributed by atoms with Crippen molar-refractivity contribution in [3.05, 3.63) is 12.4 Å². The Balaban J connectivity index is 3.17. The summed E-state index contributed by atoms with van der Waals surface area (Å²) in [4.78, 5) is 17.7. The van der Waals surface area contributed by atoms with Crippen LogP contribution in [0.15, 0.2) is 17.4 Å². The van der Waals surface area contributed by atoms with Crippen LogP contribution in [-0.4, -0.2) is 42.1 Å². The van der Waals surface area contributed by atoms with Gasteiger partial charge in [0.2, 0.25) is 14.9 Å². The molecule has 1 heterocycles. The molecule has 1 atom stereocenters. The van der Waals surface area contributed by atoms with Crippen molar-refractivity contribution in [1.29, 1.82) is 0 Å². The fourth-order valence-corrected chi connectivity index (χ4v) is 2.24. The van der Waals surface area contributed by atoms with Gasteiger partial charge in [0.15, 0.2) is 0 Å². The highest BCUT2D eigenvalue weighted by atomic mass is 32.2. The largest absolute Gasteiger partial charge is 0.479 e. The van der Waals surface area contributed by atoms with Crippen LogP contribution >= 0.6 is 0 Å². The molecular weight excluding hydrogens is 250 g/mol. The molecule has 0 saturated carbocycles. The molecule has 0 aliphatic carbocycles. The molecule has 9 heteroatoms. The van der Waals surface area contributed by atoms with Gasteiger partial charge in [0.05, 0.1) is 7.11 Å². The minimum absolute atomic E-state index is 0.175. The van der Waals surface area contributed by atoms with Crippen LogP contribution in [0.1, 0.15) is 6.92 Å². The number of rotatable bonds is 4. The van der Waals surface area contributed by atoms with Crippen molar-refractivity contribution in [3.63, 3.8) is 0 Å². The molecule has 1 aromatic heterocycles. The molecular formula is C8H11N3O5S. The average molecular weight is 261 g/mol. The summed E-state index contributed by atoms with van der Waals surface area (Å²) in [5, 5.41) is 8.57. The molecule has 0 fully saturated rings. The van der Waals surface area contributed by atoms with E-state index in [0.29, 0.717) is 0 Å². The molecule has 0 aromatic carbocycles. The molecule has 0 radical (unpaired) electrons. The maximum absolute atomic E-state index is 11.9. The first kappa shape index (κ1) is 13.2. The number of carboxylic acid groups (broad SMARTS) is 1. The minimum Gasteiger partial charge on any atom is -0.479 e. The van der Waals surface area contributed by atoms with Crippen molar-refractivity contribution in [3.8, 4) is 5.88 Å². The Kier molecular flexibility index (Phi) is 3.84. The third-order valence-electron chi connectivity index (χ3n) is 1.89. The van der Waals surface area contributed by atoms with Crippen LogP contribution in [-0.2, 0) is 9.84 Å². The summed E-state index contributed by atoms with van der Waals surface area (Å²) in [5.41, 5.74) is 0. The Morgan fingerprint density at radius 3 is 2.59 bits per heavy atom. The van der Waals surface area contributed by atoms with E-state index in [2.05, 4.69) is 9.97 Å². The molecule has 0 bridgehead atoms. The molecule has 0 saturated heterocycles. The van der Waals surface area contributed by atoms with Crippen LogP contribution in [0.25, 0.3) is 0 Å². The van der Waals surface area contributed by atoms with Gasteiger partial charge in [-0.05, 0) is 6.92 Å². The van der Waals surface area contributed by atoms with E-state index in [0.717, 1.165) is 0 Å². The van der Waals surface area contributed by atoms with Gasteiger partial charge in [-0.2, -0.15) is 0 Å². The highest BCUT2D eigenvalue weighted by molar-refractivity contribution is 7.92. The van der Waals surface area contributed by atoms with E-state index in [1.807, 2.05) is 5.32 Å². The van der Waals surface area contributed by atoms with Crippen molar-refractivity contribution in [2.24, 2.45) is 0 Å². The van der Waals surface area contributed by atoms with E-state index < -0.39 is 26.3 Å². The van der Waals surface area contributed by atoms with Gasteiger partial charge in [0.25, 0.3) is 5.88 Å². The van der Waals surface area contributed by atoms with Gasteiger partial charge in [-0.3, -0.25) is 0 Å². The Morgan fingerprint density at radius 2 is 2.06 bits per heavy atom. The third kappa shape index (κ3) is 2.81. The van der Waals surface area contributed by atoms with E-state index in [1.54, 1.807) is 0 Å². The number of aromatic nitrogens is 2. The molecule has 0 aliphatic heterocycles. The first-order valence-electron chi connectivity index (χ1n) is 4.48. The molecule has 2 N–H and O–H groups in total. The average Bonchev–Trinajstić information content (AvgIpc) is 2.28. The van der Waals surface area contributed by atoms with Gasteiger partial charge in [0.1, 0.15) is 5.37 Å². The molecule has 1 aromatic rings. The summed E-state index contributed by atoms with van der Waals surface area (Å²) in [6, 6.07) is 0. The predicted octanol–water partition coefficient (Wildman–Crippen LogP) is -0.127. The molecule has 0 aliphatic rings. The molecule has 1 rings (SSSR count). The smallest absolute Gasteiger partial charge is 0.405 e. The van der Waals surface area contributed by atoms with Crippen molar-refractivity contribution in [2.75, 3.05) is 7.11 Å². The first-order chi connectivity index (χ1) is 7.89. The molecule has 0 spiro atoms. The highest BCUT2D eigenvalue weighted by Crippen LogP contribution is 2.20. The molecule has 8 nitrogen and oxygen atoms in total. The maximum atomic E-state index is 11.9. The summed E-state index contributed by atoms with van der Waals surface area (Å²) in [6.07, 6.45) is 1.01. The topological polar surface area (TPSA) is 118 Å². The molecule has 1 amide bonds. The second-order valence-corrected chi connectivity index (χ2v) is 5.19. The van der Waals surface area contributed by atoms with Crippen LogP contribution in [0, 0.1) is 0 Å². The fraction of sp³-hybridized carbons (Fsp3) is 0.375. The van der Waals surface area contributed by atoms with E-state index in [-0.39, 0.29) is 5.88 Å². The van der Waals surface area contributed by atoms with Gasteiger partial charge in [0, 0.05) is 12.4 Å². The number of amides is 1. The van der Waals surface area contributed by atoms with Crippen molar-refractivity contribution >= 4 is 15.9 Å². The number of hydrogen-bond acceptors (Lipinski definition) is 6. The van der Waals surface area contributed by atoms with Gasteiger partial charge < -0.3 is 15.2 Å². The van der Waals surface area contributed by atoms with Crippen LogP contribution in [0.2, 0.25) is 0 Å². The van der Waals surface area contributed by atoms with Crippen molar-refractivity contribution in [1.82, 2.24) is 15.3 Å². The first-order valence-corrected chi connectivity index (χ1v) is 6.02. The predicted molar refractivity (Wildman–Crippen MR) is 56.4 cm³/mol. The quantitative estimate of drug-likeness (QED) is 0.775. The Hall–Kier alpha value is -1.90. The second-order valence-electron chi connectivity index (χ2n) is 3.01. The number of ether oxygens (including phenoxy) is 1. The van der Waals surface area contributed by atoms with E-state index in [4.69, 9.17) is 9.84 Å². The van der Waals surface area contributed by atoms with Crippen LogP contribution in [0.4, 0.5) is 4.79 Å². The number of nitrogens with one attached hydrogen (secondary N) is 1. The zero-order valence-corrected chi connectivity index (χ0v) is 9.93. The standard InChI is InChI=1S/C8H11N3O5S/c1-5(11-8(12)13)17(14,15)7-6(16-2)9-3-4-10-7/h3-5,11H,1-2H3,(H,12,13). The highest BCUT2D eigenvalue weighted by Gasteiger charge is 2.30. The van der Waals surface area contributed by atoms with Crippen LogP contribution < -0.4 is 10.1 Å². The van der Waals surface area contributed by atoms with Crippen LogP contribution in [0.5, 0.6) is 5.88 Å². The lowest BCUT2D eigenvalue weighted by molar-refractivity contribution is 0.193. The zero-order chi connectivity index (χ0) is 13.1.